The highest BCUT2D eigenvalue weighted by Crippen LogP contribution is 2.23. The van der Waals surface area contributed by atoms with Crippen LogP contribution in [0.2, 0.25) is 0 Å². The van der Waals surface area contributed by atoms with Crippen LogP contribution in [0.5, 0.6) is 0 Å². The predicted molar refractivity (Wildman–Crippen MR) is 82.4 cm³/mol. The van der Waals surface area contributed by atoms with Crippen molar-refractivity contribution >= 4 is 18.0 Å². The molecule has 0 spiro atoms. The topological polar surface area (TPSA) is 55.4 Å². The molecular formula is C17H21NO3. The molecule has 2 rings (SSSR count). The number of rotatable bonds is 3. The molecule has 0 heterocycles. The van der Waals surface area contributed by atoms with Crippen LogP contribution >= 0.6 is 0 Å². The van der Waals surface area contributed by atoms with Crippen molar-refractivity contribution in [2.45, 2.75) is 39.2 Å². The van der Waals surface area contributed by atoms with E-state index in [2.05, 4.69) is 5.32 Å². The highest BCUT2D eigenvalue weighted by molar-refractivity contribution is 6.00. The minimum Gasteiger partial charge on any atom is -0.444 e. The summed E-state index contributed by atoms with van der Waals surface area (Å²) in [7, 11) is 0. The Hall–Kier alpha value is -2.10. The molecule has 21 heavy (non-hydrogen) atoms. The van der Waals surface area contributed by atoms with Gasteiger partial charge in [-0.2, -0.15) is 0 Å². The fourth-order valence-electron chi connectivity index (χ4n) is 2.21. The van der Waals surface area contributed by atoms with Crippen LogP contribution in [0, 0.1) is 0 Å². The lowest BCUT2D eigenvalue weighted by molar-refractivity contribution is 0.0534. The van der Waals surface area contributed by atoms with E-state index in [1.54, 1.807) is 0 Å². The minimum atomic E-state index is -0.492. The number of amides is 1. The lowest BCUT2D eigenvalue weighted by atomic mass is 10.1. The third-order valence-electron chi connectivity index (χ3n) is 3.13. The number of ether oxygens (including phenoxy) is 1. The van der Waals surface area contributed by atoms with E-state index < -0.39 is 11.7 Å². The maximum Gasteiger partial charge on any atom is 0.407 e. The summed E-state index contributed by atoms with van der Waals surface area (Å²) in [6, 6.07) is 5.90. The smallest absolute Gasteiger partial charge is 0.407 e. The lowest BCUT2D eigenvalue weighted by Crippen LogP contribution is -2.32. The SMILES string of the molecule is CC(C)(C)OC(=O)NCC=Cc1ccc2c(c1)C(=O)CC2. The first kappa shape index (κ1) is 15.3. The molecule has 0 radical (unpaired) electrons. The Bertz CT molecular complexity index is 582. The Labute approximate surface area is 125 Å². The molecular weight excluding hydrogens is 266 g/mol. The van der Waals surface area contributed by atoms with Crippen molar-refractivity contribution in [3.8, 4) is 0 Å². The number of benzene rings is 1. The number of nitrogens with one attached hydrogen (secondary N) is 1. The fourth-order valence-corrected chi connectivity index (χ4v) is 2.21. The molecule has 0 unspecified atom stereocenters. The highest BCUT2D eigenvalue weighted by Gasteiger charge is 2.18. The van der Waals surface area contributed by atoms with E-state index in [-0.39, 0.29) is 5.78 Å². The molecule has 0 fully saturated rings. The largest absolute Gasteiger partial charge is 0.444 e. The second kappa shape index (κ2) is 6.12. The van der Waals surface area contributed by atoms with Crippen LogP contribution in [-0.2, 0) is 11.2 Å². The summed E-state index contributed by atoms with van der Waals surface area (Å²) in [5, 5.41) is 2.66. The van der Waals surface area contributed by atoms with E-state index in [4.69, 9.17) is 4.74 Å². The third-order valence-corrected chi connectivity index (χ3v) is 3.13. The van der Waals surface area contributed by atoms with Crippen molar-refractivity contribution in [3.05, 3.63) is 41.0 Å². The molecule has 0 aliphatic heterocycles. The fraction of sp³-hybridized carbons (Fsp3) is 0.412. The molecule has 1 N–H and O–H groups in total. The van der Waals surface area contributed by atoms with Crippen molar-refractivity contribution in [1.82, 2.24) is 5.32 Å². The molecule has 1 aromatic rings. The number of fused-ring (bicyclic) bond motifs is 1. The van der Waals surface area contributed by atoms with Crippen molar-refractivity contribution in [2.24, 2.45) is 0 Å². The maximum atomic E-state index is 11.7. The van der Waals surface area contributed by atoms with E-state index in [0.717, 1.165) is 23.1 Å². The molecule has 1 aliphatic rings. The Morgan fingerprint density at radius 2 is 2.10 bits per heavy atom. The van der Waals surface area contributed by atoms with Gasteiger partial charge in [0.15, 0.2) is 5.78 Å². The zero-order valence-electron chi connectivity index (χ0n) is 12.7. The monoisotopic (exact) mass is 287 g/mol. The van der Waals surface area contributed by atoms with Gasteiger partial charge in [0.25, 0.3) is 0 Å². The standard InChI is InChI=1S/C17H21NO3/c1-17(2,3)21-16(20)18-10-4-5-12-6-7-13-8-9-15(19)14(13)11-12/h4-7,11H,8-10H2,1-3H3,(H,18,20). The van der Waals surface area contributed by atoms with Crippen LogP contribution in [0.15, 0.2) is 24.3 Å². The summed E-state index contributed by atoms with van der Waals surface area (Å²) in [5.41, 5.74) is 2.44. The van der Waals surface area contributed by atoms with Crippen molar-refractivity contribution in [1.29, 1.82) is 0 Å². The Kier molecular flexibility index (Phi) is 4.46. The number of hydrogen-bond donors (Lipinski definition) is 1. The lowest BCUT2D eigenvalue weighted by Gasteiger charge is -2.19. The summed E-state index contributed by atoms with van der Waals surface area (Å²) in [4.78, 5) is 23.1. The van der Waals surface area contributed by atoms with Crippen LogP contribution in [0.3, 0.4) is 0 Å². The Morgan fingerprint density at radius 1 is 1.33 bits per heavy atom. The van der Waals surface area contributed by atoms with Crippen LogP contribution in [-0.4, -0.2) is 24.0 Å². The van der Waals surface area contributed by atoms with Gasteiger partial charge in [0, 0.05) is 18.5 Å². The van der Waals surface area contributed by atoms with Gasteiger partial charge in [-0.1, -0.05) is 24.3 Å². The van der Waals surface area contributed by atoms with Crippen molar-refractivity contribution in [3.63, 3.8) is 0 Å². The van der Waals surface area contributed by atoms with E-state index in [9.17, 15) is 9.59 Å². The predicted octanol–water partition coefficient (Wildman–Crippen LogP) is 3.35. The third kappa shape index (κ3) is 4.45. The first-order chi connectivity index (χ1) is 9.85. The molecule has 1 aromatic carbocycles. The van der Waals surface area contributed by atoms with Crippen LogP contribution in [0.4, 0.5) is 4.79 Å². The number of alkyl carbamates (subject to hydrolysis) is 1. The van der Waals surface area contributed by atoms with Crippen LogP contribution < -0.4 is 5.32 Å². The van der Waals surface area contributed by atoms with Crippen LogP contribution in [0.25, 0.3) is 6.08 Å². The molecule has 1 amide bonds. The molecule has 112 valence electrons. The number of carbonyl (C=O) groups is 2. The number of carbonyl (C=O) groups excluding carboxylic acids is 2. The second-order valence-corrected chi connectivity index (χ2v) is 6.12. The van der Waals surface area contributed by atoms with E-state index >= 15 is 0 Å². The highest BCUT2D eigenvalue weighted by atomic mass is 16.6. The summed E-state index contributed by atoms with van der Waals surface area (Å²) in [5.74, 6) is 0.215. The average Bonchev–Trinajstić information content (AvgIpc) is 2.74. The van der Waals surface area contributed by atoms with E-state index in [1.807, 2.05) is 51.1 Å². The maximum absolute atomic E-state index is 11.7. The van der Waals surface area contributed by atoms with Gasteiger partial charge >= 0.3 is 6.09 Å². The molecule has 1 aliphatic carbocycles. The number of Topliss-reactive ketones (excluding diaryl/α,β-unsaturated/α-hetero) is 1. The summed E-state index contributed by atoms with van der Waals surface area (Å²) in [6.07, 6.45) is 4.76. The molecule has 0 atom stereocenters. The summed E-state index contributed by atoms with van der Waals surface area (Å²) >= 11 is 0. The first-order valence-corrected chi connectivity index (χ1v) is 7.15. The van der Waals surface area contributed by atoms with Gasteiger partial charge in [-0.15, -0.1) is 0 Å². The minimum absolute atomic E-state index is 0.215. The number of ketones is 1. The van der Waals surface area contributed by atoms with Crippen LogP contribution in [0.1, 0.15) is 48.7 Å². The number of hydrogen-bond acceptors (Lipinski definition) is 3. The first-order valence-electron chi connectivity index (χ1n) is 7.15. The van der Waals surface area contributed by atoms with Gasteiger partial charge < -0.3 is 10.1 Å². The Balaban J connectivity index is 1.87. The average molecular weight is 287 g/mol. The van der Waals surface area contributed by atoms with Gasteiger partial charge in [-0.05, 0) is 44.4 Å². The number of aryl methyl sites for hydroxylation is 1. The molecule has 0 saturated heterocycles. The quantitative estimate of drug-likeness (QED) is 0.927. The summed E-state index contributed by atoms with van der Waals surface area (Å²) < 4.78 is 5.14. The van der Waals surface area contributed by atoms with Gasteiger partial charge in [-0.3, -0.25) is 4.79 Å². The van der Waals surface area contributed by atoms with Crippen molar-refractivity contribution < 1.29 is 14.3 Å². The van der Waals surface area contributed by atoms with E-state index in [0.29, 0.717) is 13.0 Å². The molecule has 0 saturated carbocycles. The molecule has 4 nitrogen and oxygen atoms in total. The van der Waals surface area contributed by atoms with Gasteiger partial charge in [-0.25, -0.2) is 4.79 Å². The van der Waals surface area contributed by atoms with Gasteiger partial charge in [0.05, 0.1) is 0 Å². The molecule has 0 bridgehead atoms. The molecule has 0 aromatic heterocycles. The second-order valence-electron chi connectivity index (χ2n) is 6.12. The van der Waals surface area contributed by atoms with Crippen molar-refractivity contribution in [2.75, 3.05) is 6.54 Å². The molecule has 4 heteroatoms. The zero-order chi connectivity index (χ0) is 15.5. The van der Waals surface area contributed by atoms with E-state index in [1.165, 1.54) is 0 Å². The zero-order valence-corrected chi connectivity index (χ0v) is 12.7. The Morgan fingerprint density at radius 3 is 2.81 bits per heavy atom. The van der Waals surface area contributed by atoms with Gasteiger partial charge in [0.1, 0.15) is 5.60 Å². The normalized spacial score (nSPS) is 14.3. The van der Waals surface area contributed by atoms with Gasteiger partial charge in [0.2, 0.25) is 0 Å². The summed E-state index contributed by atoms with van der Waals surface area (Å²) in [6.45, 7) is 5.86.